The molecule has 0 aromatic heterocycles. The third kappa shape index (κ3) is 2.91. The summed E-state index contributed by atoms with van der Waals surface area (Å²) in [6, 6.07) is 22.8. The number of methoxy groups -OCH3 is 1. The molecule has 0 aliphatic heterocycles. The van der Waals surface area contributed by atoms with Crippen molar-refractivity contribution < 1.29 is 4.74 Å². The lowest BCUT2D eigenvalue weighted by Crippen LogP contribution is -2.13. The highest BCUT2D eigenvalue weighted by Gasteiger charge is 2.10. The summed E-state index contributed by atoms with van der Waals surface area (Å²) in [6.45, 7) is 0. The van der Waals surface area contributed by atoms with Gasteiger partial charge in [0.15, 0.2) is 0 Å². The second-order valence-electron chi connectivity index (χ2n) is 5.23. The second-order valence-corrected chi connectivity index (χ2v) is 5.23. The molecular formula is C19H19NO. The van der Waals surface area contributed by atoms with E-state index in [0.717, 1.165) is 17.7 Å². The largest absolute Gasteiger partial charge is 0.497 e. The van der Waals surface area contributed by atoms with Gasteiger partial charge in [0.1, 0.15) is 5.75 Å². The molecular weight excluding hydrogens is 258 g/mol. The molecule has 0 aliphatic rings. The Balaban J connectivity index is 1.90. The SMILES string of the molecule is COc1cccc(C(N)Cc2cccc3ccccc23)c1. The van der Waals surface area contributed by atoms with Crippen LogP contribution in [0.2, 0.25) is 0 Å². The van der Waals surface area contributed by atoms with E-state index in [2.05, 4.69) is 48.5 Å². The molecule has 3 aromatic carbocycles. The summed E-state index contributed by atoms with van der Waals surface area (Å²) in [7, 11) is 1.68. The molecule has 0 saturated carbocycles. The maximum absolute atomic E-state index is 6.39. The molecule has 21 heavy (non-hydrogen) atoms. The van der Waals surface area contributed by atoms with Crippen molar-refractivity contribution in [1.82, 2.24) is 0 Å². The van der Waals surface area contributed by atoms with Gasteiger partial charge in [-0.3, -0.25) is 0 Å². The van der Waals surface area contributed by atoms with E-state index in [-0.39, 0.29) is 6.04 Å². The van der Waals surface area contributed by atoms with E-state index in [4.69, 9.17) is 10.5 Å². The molecule has 0 aliphatic carbocycles. The molecule has 106 valence electrons. The van der Waals surface area contributed by atoms with Gasteiger partial charge in [0.25, 0.3) is 0 Å². The first-order valence-electron chi connectivity index (χ1n) is 7.14. The zero-order valence-corrected chi connectivity index (χ0v) is 12.1. The predicted octanol–water partition coefficient (Wildman–Crippen LogP) is 4.09. The predicted molar refractivity (Wildman–Crippen MR) is 87.6 cm³/mol. The van der Waals surface area contributed by atoms with Crippen LogP contribution in [0.15, 0.2) is 66.7 Å². The van der Waals surface area contributed by atoms with Crippen LogP contribution in [0, 0.1) is 0 Å². The van der Waals surface area contributed by atoms with Gasteiger partial charge in [0.05, 0.1) is 7.11 Å². The summed E-state index contributed by atoms with van der Waals surface area (Å²) in [5.41, 5.74) is 8.77. The molecule has 3 rings (SSSR count). The fourth-order valence-electron chi connectivity index (χ4n) is 2.70. The molecule has 2 heteroatoms. The van der Waals surface area contributed by atoms with E-state index < -0.39 is 0 Å². The smallest absolute Gasteiger partial charge is 0.119 e. The number of ether oxygens (including phenoxy) is 1. The standard InChI is InChI=1S/C19H19NO/c1-21-17-10-5-9-16(12-17)19(20)13-15-8-4-7-14-6-2-3-11-18(14)15/h2-12,19H,13,20H2,1H3. The highest BCUT2D eigenvalue weighted by Crippen LogP contribution is 2.25. The van der Waals surface area contributed by atoms with Crippen LogP contribution in [-0.4, -0.2) is 7.11 Å². The monoisotopic (exact) mass is 277 g/mol. The molecule has 0 amide bonds. The van der Waals surface area contributed by atoms with Crippen molar-refractivity contribution >= 4 is 10.8 Å². The Bertz CT molecular complexity index is 746. The molecule has 0 fully saturated rings. The molecule has 0 radical (unpaired) electrons. The molecule has 1 unspecified atom stereocenters. The Morgan fingerprint density at radius 2 is 1.71 bits per heavy atom. The number of benzene rings is 3. The highest BCUT2D eigenvalue weighted by molar-refractivity contribution is 5.85. The minimum absolute atomic E-state index is 0.0362. The fraction of sp³-hybridized carbons (Fsp3) is 0.158. The topological polar surface area (TPSA) is 35.2 Å². The first-order chi connectivity index (χ1) is 10.3. The number of hydrogen-bond acceptors (Lipinski definition) is 2. The molecule has 0 bridgehead atoms. The summed E-state index contributed by atoms with van der Waals surface area (Å²) in [5.74, 6) is 0.848. The summed E-state index contributed by atoms with van der Waals surface area (Å²) in [5, 5.41) is 2.53. The van der Waals surface area contributed by atoms with Crippen LogP contribution in [0.5, 0.6) is 5.75 Å². The van der Waals surface area contributed by atoms with E-state index in [1.54, 1.807) is 7.11 Å². The van der Waals surface area contributed by atoms with Crippen molar-refractivity contribution in [3.63, 3.8) is 0 Å². The van der Waals surface area contributed by atoms with Gasteiger partial charge in [-0.25, -0.2) is 0 Å². The minimum atomic E-state index is -0.0362. The lowest BCUT2D eigenvalue weighted by Gasteiger charge is -2.15. The van der Waals surface area contributed by atoms with Gasteiger partial charge < -0.3 is 10.5 Å². The normalized spacial score (nSPS) is 12.3. The van der Waals surface area contributed by atoms with Crippen LogP contribution in [0.3, 0.4) is 0 Å². The lowest BCUT2D eigenvalue weighted by atomic mass is 9.95. The molecule has 2 N–H and O–H groups in total. The summed E-state index contributed by atoms with van der Waals surface area (Å²) in [6.07, 6.45) is 0.814. The van der Waals surface area contributed by atoms with Crippen molar-refractivity contribution in [1.29, 1.82) is 0 Å². The van der Waals surface area contributed by atoms with Crippen molar-refractivity contribution in [3.8, 4) is 5.75 Å². The van der Waals surface area contributed by atoms with Gasteiger partial charge in [-0.15, -0.1) is 0 Å². The average molecular weight is 277 g/mol. The van der Waals surface area contributed by atoms with E-state index in [1.807, 2.05) is 18.2 Å². The zero-order valence-electron chi connectivity index (χ0n) is 12.1. The first-order valence-corrected chi connectivity index (χ1v) is 7.14. The van der Waals surface area contributed by atoms with Crippen LogP contribution >= 0.6 is 0 Å². The molecule has 1 atom stereocenters. The molecule has 2 nitrogen and oxygen atoms in total. The summed E-state index contributed by atoms with van der Waals surface area (Å²) >= 11 is 0. The number of hydrogen-bond donors (Lipinski definition) is 1. The second kappa shape index (κ2) is 5.98. The van der Waals surface area contributed by atoms with Gasteiger partial charge in [0, 0.05) is 6.04 Å². The Labute approximate surface area is 125 Å². The van der Waals surface area contributed by atoms with Crippen LogP contribution in [0.25, 0.3) is 10.8 Å². The van der Waals surface area contributed by atoms with Crippen LogP contribution in [0.4, 0.5) is 0 Å². The molecule has 0 heterocycles. The summed E-state index contributed by atoms with van der Waals surface area (Å²) in [4.78, 5) is 0. The third-order valence-corrected chi connectivity index (χ3v) is 3.84. The Hall–Kier alpha value is -2.32. The first kappa shape index (κ1) is 13.7. The van der Waals surface area contributed by atoms with Gasteiger partial charge in [-0.2, -0.15) is 0 Å². The Morgan fingerprint density at radius 1 is 0.952 bits per heavy atom. The highest BCUT2D eigenvalue weighted by atomic mass is 16.5. The van der Waals surface area contributed by atoms with E-state index in [1.165, 1.54) is 16.3 Å². The quantitative estimate of drug-likeness (QED) is 0.779. The van der Waals surface area contributed by atoms with Gasteiger partial charge in [-0.05, 0) is 40.5 Å². The van der Waals surface area contributed by atoms with E-state index in [0.29, 0.717) is 0 Å². The van der Waals surface area contributed by atoms with Crippen LogP contribution in [-0.2, 0) is 6.42 Å². The number of rotatable bonds is 4. The van der Waals surface area contributed by atoms with Crippen LogP contribution < -0.4 is 10.5 Å². The van der Waals surface area contributed by atoms with Crippen molar-refractivity contribution in [2.75, 3.05) is 7.11 Å². The average Bonchev–Trinajstić information content (AvgIpc) is 2.55. The lowest BCUT2D eigenvalue weighted by molar-refractivity contribution is 0.414. The Morgan fingerprint density at radius 3 is 2.57 bits per heavy atom. The van der Waals surface area contributed by atoms with Crippen molar-refractivity contribution in [2.45, 2.75) is 12.5 Å². The fourth-order valence-corrected chi connectivity index (χ4v) is 2.70. The summed E-state index contributed by atoms with van der Waals surface area (Å²) < 4.78 is 5.27. The maximum Gasteiger partial charge on any atom is 0.119 e. The van der Waals surface area contributed by atoms with E-state index in [9.17, 15) is 0 Å². The van der Waals surface area contributed by atoms with Crippen molar-refractivity contribution in [2.24, 2.45) is 5.73 Å². The third-order valence-electron chi connectivity index (χ3n) is 3.84. The molecule has 0 spiro atoms. The van der Waals surface area contributed by atoms with Crippen molar-refractivity contribution in [3.05, 3.63) is 77.9 Å². The maximum atomic E-state index is 6.39. The van der Waals surface area contributed by atoms with E-state index >= 15 is 0 Å². The number of nitrogens with two attached hydrogens (primary N) is 1. The minimum Gasteiger partial charge on any atom is -0.497 e. The Kier molecular flexibility index (Phi) is 3.89. The van der Waals surface area contributed by atoms with Crippen LogP contribution in [0.1, 0.15) is 17.2 Å². The molecule has 0 saturated heterocycles. The molecule has 3 aromatic rings. The van der Waals surface area contributed by atoms with Gasteiger partial charge >= 0.3 is 0 Å². The zero-order chi connectivity index (χ0) is 14.7. The number of fused-ring (bicyclic) bond motifs is 1. The van der Waals surface area contributed by atoms with Gasteiger partial charge in [0.2, 0.25) is 0 Å². The van der Waals surface area contributed by atoms with Gasteiger partial charge in [-0.1, -0.05) is 54.6 Å².